The smallest absolute Gasteiger partial charge is 0.319 e. The second-order valence-corrected chi connectivity index (χ2v) is 9.23. The molecule has 196 valence electrons. The minimum atomic E-state index is -1.07. The molecule has 2 atom stereocenters. The first-order chi connectivity index (χ1) is 17.5. The average molecular weight is 510 g/mol. The summed E-state index contributed by atoms with van der Waals surface area (Å²) in [6.07, 6.45) is -0.280. The molecule has 0 saturated carbocycles. The van der Waals surface area contributed by atoms with Crippen LogP contribution in [0.1, 0.15) is 43.1 Å². The molecule has 1 heterocycles. The van der Waals surface area contributed by atoms with Crippen molar-refractivity contribution in [3.8, 4) is 0 Å². The van der Waals surface area contributed by atoms with Crippen molar-refractivity contribution in [2.75, 3.05) is 17.2 Å². The number of fused-ring (bicyclic) bond motifs is 1. The number of hydrogen-bond donors (Lipinski definition) is 5. The van der Waals surface area contributed by atoms with Gasteiger partial charge in [0.2, 0.25) is 11.8 Å². The second kappa shape index (κ2) is 12.0. The maximum atomic E-state index is 13.6. The van der Waals surface area contributed by atoms with Gasteiger partial charge in [-0.25, -0.2) is 4.79 Å². The SMILES string of the molecule is CC(CC(=O)O)NC(=O)CN1C(=O)c2cc(NC(=O)NCc3ccccc3)ccc2NC(=O)[C@@H]1C(C)C. The summed E-state index contributed by atoms with van der Waals surface area (Å²) in [5.74, 6) is -2.99. The molecule has 5 N–H and O–H groups in total. The van der Waals surface area contributed by atoms with Crippen molar-refractivity contribution in [3.63, 3.8) is 0 Å². The fourth-order valence-corrected chi connectivity index (χ4v) is 4.11. The summed E-state index contributed by atoms with van der Waals surface area (Å²) in [7, 11) is 0. The molecule has 1 aliphatic rings. The Labute approximate surface area is 214 Å². The molecule has 5 amide bonds. The van der Waals surface area contributed by atoms with Crippen LogP contribution in [0.2, 0.25) is 0 Å². The Balaban J connectivity index is 1.79. The van der Waals surface area contributed by atoms with Crippen LogP contribution in [0.25, 0.3) is 0 Å². The zero-order valence-electron chi connectivity index (χ0n) is 20.9. The molecule has 0 radical (unpaired) electrons. The lowest BCUT2D eigenvalue weighted by Gasteiger charge is -2.31. The predicted octanol–water partition coefficient (Wildman–Crippen LogP) is 2.41. The number of carbonyl (C=O) groups excluding carboxylic acids is 4. The minimum Gasteiger partial charge on any atom is -0.481 e. The van der Waals surface area contributed by atoms with Crippen LogP contribution >= 0.6 is 0 Å². The number of amides is 5. The van der Waals surface area contributed by atoms with Crippen LogP contribution in [0.4, 0.5) is 16.2 Å². The van der Waals surface area contributed by atoms with E-state index in [0.717, 1.165) is 5.56 Å². The van der Waals surface area contributed by atoms with E-state index in [0.29, 0.717) is 12.2 Å². The number of carboxylic acids is 1. The lowest BCUT2D eigenvalue weighted by Crippen LogP contribution is -2.52. The largest absolute Gasteiger partial charge is 0.481 e. The number of nitrogens with one attached hydrogen (secondary N) is 4. The third kappa shape index (κ3) is 7.29. The predicted molar refractivity (Wildman–Crippen MR) is 137 cm³/mol. The van der Waals surface area contributed by atoms with Crippen molar-refractivity contribution in [1.29, 1.82) is 0 Å². The Morgan fingerprint density at radius 3 is 2.41 bits per heavy atom. The van der Waals surface area contributed by atoms with Crippen molar-refractivity contribution in [1.82, 2.24) is 15.5 Å². The number of urea groups is 1. The van der Waals surface area contributed by atoms with Gasteiger partial charge in [-0.1, -0.05) is 44.2 Å². The summed E-state index contributed by atoms with van der Waals surface area (Å²) in [4.78, 5) is 63.7. The summed E-state index contributed by atoms with van der Waals surface area (Å²) in [5, 5.41) is 19.6. The highest BCUT2D eigenvalue weighted by Crippen LogP contribution is 2.28. The normalized spacial score (nSPS) is 15.8. The van der Waals surface area contributed by atoms with Crippen molar-refractivity contribution in [2.24, 2.45) is 5.92 Å². The van der Waals surface area contributed by atoms with Gasteiger partial charge in [-0.05, 0) is 36.6 Å². The van der Waals surface area contributed by atoms with E-state index in [1.807, 2.05) is 30.3 Å². The number of carboxylic acid groups (broad SMARTS) is 1. The van der Waals surface area contributed by atoms with Gasteiger partial charge in [0.25, 0.3) is 5.91 Å². The van der Waals surface area contributed by atoms with E-state index >= 15 is 0 Å². The molecule has 3 rings (SSSR count). The number of rotatable bonds is 9. The molecule has 2 aromatic rings. The Bertz CT molecular complexity index is 1180. The molecule has 11 heteroatoms. The zero-order chi connectivity index (χ0) is 27.1. The van der Waals surface area contributed by atoms with E-state index in [9.17, 15) is 24.0 Å². The molecular weight excluding hydrogens is 478 g/mol. The number of nitrogens with zero attached hydrogens (tertiary/aromatic N) is 1. The highest BCUT2D eigenvalue weighted by Gasteiger charge is 2.38. The Kier molecular flexibility index (Phi) is 8.83. The van der Waals surface area contributed by atoms with E-state index in [2.05, 4.69) is 21.3 Å². The third-order valence-corrected chi connectivity index (χ3v) is 5.76. The molecule has 0 aliphatic carbocycles. The van der Waals surface area contributed by atoms with Gasteiger partial charge in [0.1, 0.15) is 12.6 Å². The lowest BCUT2D eigenvalue weighted by atomic mass is 10.0. The van der Waals surface area contributed by atoms with Gasteiger partial charge in [0.15, 0.2) is 0 Å². The Morgan fingerprint density at radius 2 is 1.76 bits per heavy atom. The molecule has 0 aromatic heterocycles. The first-order valence-corrected chi connectivity index (χ1v) is 11.9. The van der Waals surface area contributed by atoms with Crippen LogP contribution in [0.3, 0.4) is 0 Å². The fraction of sp³-hybridized carbons (Fsp3) is 0.346. The van der Waals surface area contributed by atoms with E-state index in [1.54, 1.807) is 26.8 Å². The summed E-state index contributed by atoms with van der Waals surface area (Å²) in [6.45, 7) is 4.93. The maximum absolute atomic E-state index is 13.6. The highest BCUT2D eigenvalue weighted by molar-refractivity contribution is 6.11. The van der Waals surface area contributed by atoms with Gasteiger partial charge in [0, 0.05) is 18.3 Å². The van der Waals surface area contributed by atoms with E-state index in [1.165, 1.54) is 17.0 Å². The zero-order valence-corrected chi connectivity index (χ0v) is 20.9. The molecule has 0 spiro atoms. The van der Waals surface area contributed by atoms with Gasteiger partial charge < -0.3 is 31.3 Å². The van der Waals surface area contributed by atoms with Crippen LogP contribution in [-0.4, -0.2) is 58.4 Å². The van der Waals surface area contributed by atoms with Gasteiger partial charge in [-0.3, -0.25) is 19.2 Å². The minimum absolute atomic E-state index is 0.115. The van der Waals surface area contributed by atoms with Crippen LogP contribution in [0.15, 0.2) is 48.5 Å². The van der Waals surface area contributed by atoms with Crippen LogP contribution in [-0.2, 0) is 20.9 Å². The Morgan fingerprint density at radius 1 is 1.05 bits per heavy atom. The molecule has 0 saturated heterocycles. The summed E-state index contributed by atoms with van der Waals surface area (Å²) >= 11 is 0. The summed E-state index contributed by atoms with van der Waals surface area (Å²) in [5.41, 5.74) is 1.62. The first-order valence-electron chi connectivity index (χ1n) is 11.9. The first kappa shape index (κ1) is 27.2. The molecule has 1 aliphatic heterocycles. The van der Waals surface area contributed by atoms with Gasteiger partial charge in [-0.15, -0.1) is 0 Å². The van der Waals surface area contributed by atoms with E-state index < -0.39 is 48.4 Å². The summed E-state index contributed by atoms with van der Waals surface area (Å²) in [6, 6.07) is 11.8. The number of aliphatic carboxylic acids is 1. The van der Waals surface area contributed by atoms with E-state index in [-0.39, 0.29) is 23.6 Å². The molecule has 37 heavy (non-hydrogen) atoms. The van der Waals surface area contributed by atoms with Gasteiger partial charge >= 0.3 is 12.0 Å². The maximum Gasteiger partial charge on any atom is 0.319 e. The van der Waals surface area contributed by atoms with Crippen LogP contribution in [0.5, 0.6) is 0 Å². The number of benzene rings is 2. The lowest BCUT2D eigenvalue weighted by molar-refractivity contribution is -0.137. The van der Waals surface area contributed by atoms with Crippen molar-refractivity contribution < 1.29 is 29.1 Å². The standard InChI is InChI=1S/C26H31N5O6/c1-15(2)23-24(35)30-20-10-9-18(29-26(37)27-13-17-7-5-4-6-8-17)12-19(20)25(36)31(23)14-21(32)28-16(3)11-22(33)34/h4-10,12,15-16,23H,11,13-14H2,1-3H3,(H,28,32)(H,30,35)(H,33,34)(H2,27,29,37)/t16?,23-/m0/s1. The fourth-order valence-electron chi connectivity index (χ4n) is 4.11. The van der Waals surface area contributed by atoms with Crippen LogP contribution < -0.4 is 21.3 Å². The number of carbonyl (C=O) groups is 5. The molecule has 0 fully saturated rings. The summed E-state index contributed by atoms with van der Waals surface area (Å²) < 4.78 is 0. The molecule has 2 aromatic carbocycles. The average Bonchev–Trinajstić information content (AvgIpc) is 2.92. The molecular formula is C26H31N5O6. The van der Waals surface area contributed by atoms with E-state index in [4.69, 9.17) is 5.11 Å². The second-order valence-electron chi connectivity index (χ2n) is 9.23. The molecule has 1 unspecified atom stereocenters. The number of hydrogen-bond acceptors (Lipinski definition) is 5. The van der Waals surface area contributed by atoms with Crippen molar-refractivity contribution in [3.05, 3.63) is 59.7 Å². The Hall–Kier alpha value is -4.41. The van der Waals surface area contributed by atoms with Crippen LogP contribution in [0, 0.1) is 5.92 Å². The molecule has 0 bridgehead atoms. The van der Waals surface area contributed by atoms with Gasteiger partial charge in [0.05, 0.1) is 17.7 Å². The quantitative estimate of drug-likeness (QED) is 0.349. The van der Waals surface area contributed by atoms with Crippen molar-refractivity contribution in [2.45, 2.75) is 45.8 Å². The third-order valence-electron chi connectivity index (χ3n) is 5.76. The highest BCUT2D eigenvalue weighted by atomic mass is 16.4. The monoisotopic (exact) mass is 509 g/mol. The number of anilines is 2. The topological polar surface area (TPSA) is 157 Å². The van der Waals surface area contributed by atoms with Crippen molar-refractivity contribution >= 4 is 41.1 Å². The molecule has 11 nitrogen and oxygen atoms in total. The van der Waals surface area contributed by atoms with Gasteiger partial charge in [-0.2, -0.15) is 0 Å².